The van der Waals surface area contributed by atoms with E-state index in [1.54, 1.807) is 26.6 Å². The molecule has 1 atom stereocenters. The first kappa shape index (κ1) is 32.9. The van der Waals surface area contributed by atoms with Gasteiger partial charge in [-0.2, -0.15) is 10.2 Å². The Morgan fingerprint density at radius 2 is 1.38 bits per heavy atom. The van der Waals surface area contributed by atoms with Crippen LogP contribution in [-0.2, 0) is 14.4 Å². The Kier molecular flexibility index (Phi) is 12.7. The average Bonchev–Trinajstić information content (AvgIpc) is 3.08. The number of benzene rings is 4. The maximum Gasteiger partial charge on any atom is 0.330 e. The molecule has 0 aliphatic heterocycles. The molecular weight excluding hydrogens is 572 g/mol. The van der Waals surface area contributed by atoms with Crippen LogP contribution >= 0.6 is 0 Å². The van der Waals surface area contributed by atoms with Crippen LogP contribution in [0.2, 0.25) is 0 Å². The third-order valence-electron chi connectivity index (χ3n) is 7.09. The minimum Gasteiger partial charge on any atom is -0.494 e. The molecule has 0 saturated heterocycles. The summed E-state index contributed by atoms with van der Waals surface area (Å²) in [5.41, 5.74) is 3.36. The van der Waals surface area contributed by atoms with Crippen LogP contribution in [0.1, 0.15) is 54.0 Å². The van der Waals surface area contributed by atoms with E-state index in [-0.39, 0.29) is 5.97 Å². The number of ether oxygens (including phenoxy) is 4. The molecule has 0 saturated carbocycles. The first-order valence-corrected chi connectivity index (χ1v) is 14.7. The first-order chi connectivity index (χ1) is 22.0. The van der Waals surface area contributed by atoms with Crippen molar-refractivity contribution in [2.75, 3.05) is 27.4 Å². The number of nitrogens with zero attached hydrogens (tertiary/aromatic N) is 2. The van der Waals surface area contributed by atoms with E-state index in [9.17, 15) is 10.1 Å². The summed E-state index contributed by atoms with van der Waals surface area (Å²) in [5.74, 6) is 1.64. The molecule has 0 aromatic heterocycles. The first-order valence-electron chi connectivity index (χ1n) is 14.7. The van der Waals surface area contributed by atoms with Gasteiger partial charge < -0.3 is 18.9 Å². The fourth-order valence-electron chi connectivity index (χ4n) is 4.69. The van der Waals surface area contributed by atoms with Gasteiger partial charge in [-0.3, -0.25) is 5.26 Å². The minimum atomic E-state index is -0.647. The molecule has 0 amide bonds. The van der Waals surface area contributed by atoms with Crippen LogP contribution in [0, 0.1) is 0 Å². The number of rotatable bonds is 17. The molecule has 0 fully saturated rings. The molecule has 0 heterocycles. The van der Waals surface area contributed by atoms with Gasteiger partial charge in [-0.1, -0.05) is 43.0 Å². The Bertz CT molecular complexity index is 1620. The Balaban J connectivity index is 1.30. The molecule has 0 spiro atoms. The van der Waals surface area contributed by atoms with E-state index in [1.807, 2.05) is 78.9 Å². The van der Waals surface area contributed by atoms with Crippen LogP contribution in [-0.4, -0.2) is 51.1 Å². The summed E-state index contributed by atoms with van der Waals surface area (Å²) in [7, 11) is 3.18. The molecule has 4 rings (SSSR count). The Morgan fingerprint density at radius 3 is 2.07 bits per heavy atom. The van der Waals surface area contributed by atoms with E-state index < -0.39 is 6.10 Å². The lowest BCUT2D eigenvalue weighted by Crippen LogP contribution is -2.04. The van der Waals surface area contributed by atoms with Crippen molar-refractivity contribution in [3.8, 4) is 17.2 Å². The number of fused-ring (bicyclic) bond motifs is 1. The van der Waals surface area contributed by atoms with Crippen molar-refractivity contribution in [2.24, 2.45) is 10.2 Å². The molecule has 0 aliphatic rings. The van der Waals surface area contributed by atoms with Crippen molar-refractivity contribution in [3.63, 3.8) is 0 Å². The van der Waals surface area contributed by atoms with E-state index >= 15 is 0 Å². The highest BCUT2D eigenvalue weighted by Gasteiger charge is 2.16. The summed E-state index contributed by atoms with van der Waals surface area (Å²) in [6, 6.07) is 24.9. The molecule has 9 heteroatoms. The Hall–Kier alpha value is -4.99. The van der Waals surface area contributed by atoms with Gasteiger partial charge in [0.2, 0.25) is 0 Å². The largest absolute Gasteiger partial charge is 0.494 e. The summed E-state index contributed by atoms with van der Waals surface area (Å²) < 4.78 is 21.4. The van der Waals surface area contributed by atoms with Gasteiger partial charge in [-0.15, -0.1) is 0 Å². The summed E-state index contributed by atoms with van der Waals surface area (Å²) in [5, 5.41) is 20.1. The molecule has 1 N–H and O–H groups in total. The molecule has 0 radical (unpaired) electrons. The van der Waals surface area contributed by atoms with Gasteiger partial charge in [-0.25, -0.2) is 9.68 Å². The standard InChI is InChI=1S/C36H38N2O7/c1-4-35(39)44-20-8-6-5-7-19-43-32-16-14-28(15-17-32)36(45-40)31-13-12-29-21-26(9-11-30(29)23-31)24-37-38-25-27-10-18-33(41-2)34(22-27)42-3/h4,9-18,21-25,36,40H,1,5-8,19-20H2,2-3H3. The van der Waals surface area contributed by atoms with E-state index in [4.69, 9.17) is 23.8 Å². The molecule has 0 bridgehead atoms. The van der Waals surface area contributed by atoms with Crippen molar-refractivity contribution in [1.82, 2.24) is 0 Å². The lowest BCUT2D eigenvalue weighted by atomic mass is 9.97. The van der Waals surface area contributed by atoms with Gasteiger partial charge in [-0.05, 0) is 101 Å². The zero-order valence-electron chi connectivity index (χ0n) is 25.6. The number of carbonyl (C=O) groups is 1. The monoisotopic (exact) mass is 610 g/mol. The van der Waals surface area contributed by atoms with Gasteiger partial charge in [0.1, 0.15) is 11.9 Å². The second-order valence-electron chi connectivity index (χ2n) is 10.2. The second-order valence-corrected chi connectivity index (χ2v) is 10.2. The highest BCUT2D eigenvalue weighted by Crippen LogP contribution is 2.30. The third kappa shape index (κ3) is 9.76. The fraction of sp³-hybridized carbons (Fsp3) is 0.250. The van der Waals surface area contributed by atoms with Crippen molar-refractivity contribution in [1.29, 1.82) is 0 Å². The molecular formula is C36H38N2O7. The lowest BCUT2D eigenvalue weighted by molar-refractivity contribution is -0.270. The minimum absolute atomic E-state index is 0.386. The van der Waals surface area contributed by atoms with E-state index in [0.717, 1.165) is 64.5 Å². The molecule has 1 unspecified atom stereocenters. The zero-order valence-corrected chi connectivity index (χ0v) is 25.6. The molecule has 4 aromatic rings. The van der Waals surface area contributed by atoms with Crippen molar-refractivity contribution >= 4 is 29.2 Å². The van der Waals surface area contributed by atoms with Gasteiger partial charge >= 0.3 is 5.97 Å². The van der Waals surface area contributed by atoms with Crippen molar-refractivity contribution < 1.29 is 33.9 Å². The van der Waals surface area contributed by atoms with Crippen LogP contribution in [0.15, 0.2) is 102 Å². The summed E-state index contributed by atoms with van der Waals surface area (Å²) in [4.78, 5) is 15.9. The number of unbranched alkanes of at least 4 members (excludes halogenated alkanes) is 3. The van der Waals surface area contributed by atoms with Crippen molar-refractivity contribution in [2.45, 2.75) is 31.8 Å². The van der Waals surface area contributed by atoms with E-state index in [0.29, 0.717) is 24.7 Å². The van der Waals surface area contributed by atoms with Gasteiger partial charge in [0.05, 0.1) is 39.9 Å². The average molecular weight is 611 g/mol. The number of carbonyl (C=O) groups excluding carboxylic acids is 1. The molecule has 0 aliphatic carbocycles. The Labute approximate surface area is 263 Å². The van der Waals surface area contributed by atoms with Crippen LogP contribution < -0.4 is 14.2 Å². The second kappa shape index (κ2) is 17.3. The number of esters is 1. The predicted octanol–water partition coefficient (Wildman–Crippen LogP) is 7.56. The maximum atomic E-state index is 11.0. The van der Waals surface area contributed by atoms with Crippen molar-refractivity contribution in [3.05, 3.63) is 114 Å². The third-order valence-corrected chi connectivity index (χ3v) is 7.09. The number of hydrogen-bond donors (Lipinski definition) is 1. The Morgan fingerprint density at radius 1 is 0.756 bits per heavy atom. The van der Waals surface area contributed by atoms with Gasteiger partial charge in [0, 0.05) is 6.08 Å². The van der Waals surface area contributed by atoms with Gasteiger partial charge in [0.15, 0.2) is 11.5 Å². The summed E-state index contributed by atoms with van der Waals surface area (Å²) in [6.45, 7) is 4.38. The molecule has 9 nitrogen and oxygen atoms in total. The summed E-state index contributed by atoms with van der Waals surface area (Å²) >= 11 is 0. The number of methoxy groups -OCH3 is 2. The maximum absolute atomic E-state index is 11.0. The highest BCUT2D eigenvalue weighted by atomic mass is 17.1. The van der Waals surface area contributed by atoms with E-state index in [1.165, 1.54) is 6.08 Å². The highest BCUT2D eigenvalue weighted by molar-refractivity contribution is 5.91. The fourth-order valence-corrected chi connectivity index (χ4v) is 4.69. The quantitative estimate of drug-likeness (QED) is 0.0328. The smallest absolute Gasteiger partial charge is 0.330 e. The predicted molar refractivity (Wildman–Crippen MR) is 176 cm³/mol. The SMILES string of the molecule is C=CC(=O)OCCCCCCOc1ccc(C(OO)c2ccc3cc(C=NN=Cc4ccc(OC)c(OC)c4)ccc3c2)cc1. The van der Waals surface area contributed by atoms with Gasteiger partial charge in [0.25, 0.3) is 0 Å². The summed E-state index contributed by atoms with van der Waals surface area (Å²) in [6.07, 6.45) is 7.52. The molecule has 45 heavy (non-hydrogen) atoms. The zero-order chi connectivity index (χ0) is 31.9. The topological polar surface area (TPSA) is 108 Å². The van der Waals surface area contributed by atoms with Crippen LogP contribution in [0.5, 0.6) is 17.2 Å². The normalized spacial score (nSPS) is 12.0. The van der Waals surface area contributed by atoms with Crippen LogP contribution in [0.4, 0.5) is 0 Å². The molecule has 4 aromatic carbocycles. The lowest BCUT2D eigenvalue weighted by Gasteiger charge is -2.16. The van der Waals surface area contributed by atoms with E-state index in [2.05, 4.69) is 16.8 Å². The van der Waals surface area contributed by atoms with Crippen LogP contribution in [0.3, 0.4) is 0 Å². The molecule has 234 valence electrons. The van der Waals surface area contributed by atoms with Crippen LogP contribution in [0.25, 0.3) is 10.8 Å². The number of hydrogen-bond acceptors (Lipinski definition) is 9.